The number of aliphatic hydroxyl groups excluding tert-OH is 1. The van der Waals surface area contributed by atoms with Crippen LogP contribution in [0.3, 0.4) is 0 Å². The molecular formula is C24H31N3O5. The summed E-state index contributed by atoms with van der Waals surface area (Å²) in [7, 11) is 0. The SMILES string of the molecule is O=C(O)C(CCOCCCCc1ccc2c(n1)NCCC2)NC(=O)[C@@H](O)c1ccccc1. The van der Waals surface area contributed by atoms with Gasteiger partial charge in [0.05, 0.1) is 0 Å². The van der Waals surface area contributed by atoms with Crippen LogP contribution in [0.5, 0.6) is 0 Å². The van der Waals surface area contributed by atoms with Crippen LogP contribution >= 0.6 is 0 Å². The molecule has 0 spiro atoms. The maximum absolute atomic E-state index is 12.2. The van der Waals surface area contributed by atoms with Crippen molar-refractivity contribution in [1.82, 2.24) is 10.3 Å². The largest absolute Gasteiger partial charge is 0.480 e. The molecule has 8 nitrogen and oxygen atoms in total. The second-order valence-electron chi connectivity index (χ2n) is 7.91. The van der Waals surface area contributed by atoms with Crippen LogP contribution in [0.4, 0.5) is 5.82 Å². The molecule has 0 saturated carbocycles. The van der Waals surface area contributed by atoms with Crippen molar-refractivity contribution in [1.29, 1.82) is 0 Å². The van der Waals surface area contributed by atoms with Crippen LogP contribution in [0.25, 0.3) is 0 Å². The first-order chi connectivity index (χ1) is 15.5. The Morgan fingerprint density at radius 1 is 1.12 bits per heavy atom. The van der Waals surface area contributed by atoms with E-state index in [1.807, 2.05) is 0 Å². The van der Waals surface area contributed by atoms with Crippen molar-refractivity contribution < 1.29 is 24.5 Å². The minimum Gasteiger partial charge on any atom is -0.480 e. The number of hydrogen-bond acceptors (Lipinski definition) is 6. The van der Waals surface area contributed by atoms with Gasteiger partial charge in [-0.25, -0.2) is 9.78 Å². The first-order valence-corrected chi connectivity index (χ1v) is 11.1. The molecule has 0 aliphatic carbocycles. The van der Waals surface area contributed by atoms with Gasteiger partial charge >= 0.3 is 5.97 Å². The minimum atomic E-state index is -1.41. The summed E-state index contributed by atoms with van der Waals surface area (Å²) < 4.78 is 5.56. The van der Waals surface area contributed by atoms with Gasteiger partial charge in [0.1, 0.15) is 11.9 Å². The number of nitrogens with one attached hydrogen (secondary N) is 2. The van der Waals surface area contributed by atoms with E-state index in [1.54, 1.807) is 30.3 Å². The molecule has 1 aliphatic heterocycles. The molecule has 2 heterocycles. The van der Waals surface area contributed by atoms with Gasteiger partial charge in [-0.2, -0.15) is 0 Å². The number of amides is 1. The fraction of sp³-hybridized carbons (Fsp3) is 0.458. The molecule has 4 N–H and O–H groups in total. The third kappa shape index (κ3) is 7.03. The van der Waals surface area contributed by atoms with E-state index < -0.39 is 24.0 Å². The molecule has 8 heteroatoms. The monoisotopic (exact) mass is 441 g/mol. The van der Waals surface area contributed by atoms with E-state index in [4.69, 9.17) is 4.74 Å². The number of ether oxygens (including phenoxy) is 1. The molecular weight excluding hydrogens is 410 g/mol. The molecule has 3 rings (SSSR count). The Morgan fingerprint density at radius 3 is 2.72 bits per heavy atom. The van der Waals surface area contributed by atoms with E-state index in [9.17, 15) is 19.8 Å². The summed E-state index contributed by atoms with van der Waals surface area (Å²) >= 11 is 0. The van der Waals surface area contributed by atoms with Gasteiger partial charge in [0, 0.05) is 31.9 Å². The van der Waals surface area contributed by atoms with Crippen molar-refractivity contribution in [2.45, 2.75) is 50.7 Å². The van der Waals surface area contributed by atoms with Crippen molar-refractivity contribution in [3.63, 3.8) is 0 Å². The molecule has 0 fully saturated rings. The first kappa shape index (κ1) is 23.7. The fourth-order valence-corrected chi connectivity index (χ4v) is 3.62. The Morgan fingerprint density at radius 2 is 1.94 bits per heavy atom. The summed E-state index contributed by atoms with van der Waals surface area (Å²) in [5.74, 6) is -0.894. The standard InChI is InChI=1S/C24H31N3O5/c28-21(17-7-2-1-3-8-17)23(29)27-20(24(30)31)13-16-32-15-5-4-10-19-12-11-18-9-6-14-25-22(18)26-19/h1-3,7-8,11-12,20-21,28H,4-6,9-10,13-16H2,(H,25,26)(H,27,29)(H,30,31)/t20?,21-/m0/s1. The molecule has 172 valence electrons. The lowest BCUT2D eigenvalue weighted by Gasteiger charge is -2.18. The van der Waals surface area contributed by atoms with E-state index in [-0.39, 0.29) is 13.0 Å². The highest BCUT2D eigenvalue weighted by Crippen LogP contribution is 2.20. The third-order valence-corrected chi connectivity index (χ3v) is 5.45. The van der Waals surface area contributed by atoms with Crippen LogP contribution in [-0.4, -0.2) is 52.9 Å². The van der Waals surface area contributed by atoms with E-state index in [0.717, 1.165) is 50.2 Å². The van der Waals surface area contributed by atoms with Crippen molar-refractivity contribution in [2.24, 2.45) is 0 Å². The lowest BCUT2D eigenvalue weighted by Crippen LogP contribution is -2.43. The summed E-state index contributed by atoms with van der Waals surface area (Å²) in [5, 5.41) is 25.2. The van der Waals surface area contributed by atoms with Crippen LogP contribution in [-0.2, 0) is 27.2 Å². The molecule has 1 amide bonds. The lowest BCUT2D eigenvalue weighted by molar-refractivity contribution is -0.144. The van der Waals surface area contributed by atoms with Crippen LogP contribution in [0.1, 0.15) is 48.6 Å². The molecule has 32 heavy (non-hydrogen) atoms. The highest BCUT2D eigenvalue weighted by molar-refractivity contribution is 5.86. The molecule has 0 radical (unpaired) electrons. The average Bonchev–Trinajstić information content (AvgIpc) is 2.82. The molecule has 1 unspecified atom stereocenters. The molecule has 1 aliphatic rings. The van der Waals surface area contributed by atoms with E-state index in [2.05, 4.69) is 27.8 Å². The first-order valence-electron chi connectivity index (χ1n) is 11.1. The van der Waals surface area contributed by atoms with Gasteiger partial charge in [0.15, 0.2) is 6.10 Å². The van der Waals surface area contributed by atoms with Crippen molar-refractivity contribution in [3.05, 3.63) is 59.3 Å². The van der Waals surface area contributed by atoms with Gasteiger partial charge in [-0.05, 0) is 49.3 Å². The molecule has 2 aromatic rings. The highest BCUT2D eigenvalue weighted by atomic mass is 16.5. The van der Waals surface area contributed by atoms with Gasteiger partial charge in [-0.15, -0.1) is 0 Å². The molecule has 2 atom stereocenters. The summed E-state index contributed by atoms with van der Waals surface area (Å²) in [6, 6.07) is 11.5. The van der Waals surface area contributed by atoms with Gasteiger partial charge in [-0.1, -0.05) is 36.4 Å². The zero-order valence-electron chi connectivity index (χ0n) is 18.1. The predicted molar refractivity (Wildman–Crippen MR) is 120 cm³/mol. The number of carbonyl (C=O) groups excluding carboxylic acids is 1. The van der Waals surface area contributed by atoms with Crippen molar-refractivity contribution in [2.75, 3.05) is 25.1 Å². The topological polar surface area (TPSA) is 121 Å². The third-order valence-electron chi connectivity index (χ3n) is 5.45. The van der Waals surface area contributed by atoms with E-state index in [1.165, 1.54) is 5.56 Å². The summed E-state index contributed by atoms with van der Waals surface area (Å²) in [4.78, 5) is 28.3. The van der Waals surface area contributed by atoms with Crippen LogP contribution in [0.15, 0.2) is 42.5 Å². The number of aromatic nitrogens is 1. The number of unbranched alkanes of at least 4 members (excludes halogenated alkanes) is 1. The molecule has 0 bridgehead atoms. The van der Waals surface area contributed by atoms with Crippen LogP contribution in [0.2, 0.25) is 0 Å². The lowest BCUT2D eigenvalue weighted by atomic mass is 10.1. The molecule has 0 saturated heterocycles. The van der Waals surface area contributed by atoms with Gasteiger partial charge in [0.2, 0.25) is 0 Å². The summed E-state index contributed by atoms with van der Waals surface area (Å²) in [6.45, 7) is 1.69. The number of hydrogen-bond donors (Lipinski definition) is 4. The maximum Gasteiger partial charge on any atom is 0.326 e. The number of benzene rings is 1. The number of carboxylic acid groups (broad SMARTS) is 1. The minimum absolute atomic E-state index is 0.126. The van der Waals surface area contributed by atoms with Crippen LogP contribution < -0.4 is 10.6 Å². The number of anilines is 1. The normalized spacial score (nSPS) is 14.7. The number of aliphatic carboxylic acids is 1. The van der Waals surface area contributed by atoms with Crippen LogP contribution in [0, 0.1) is 0 Å². The molecule has 1 aromatic carbocycles. The fourth-order valence-electron chi connectivity index (χ4n) is 3.62. The average molecular weight is 442 g/mol. The van der Waals surface area contributed by atoms with Gasteiger partial charge < -0.3 is 25.6 Å². The number of pyridine rings is 1. The number of carbonyl (C=O) groups is 2. The van der Waals surface area contributed by atoms with Crippen molar-refractivity contribution >= 4 is 17.7 Å². The zero-order chi connectivity index (χ0) is 22.8. The second kappa shape index (κ2) is 12.2. The quantitative estimate of drug-likeness (QED) is 0.373. The number of aliphatic hydroxyl groups is 1. The number of fused-ring (bicyclic) bond motifs is 1. The Hall–Kier alpha value is -2.97. The van der Waals surface area contributed by atoms with Gasteiger partial charge in [0.25, 0.3) is 5.91 Å². The zero-order valence-corrected chi connectivity index (χ0v) is 18.1. The second-order valence-corrected chi connectivity index (χ2v) is 7.91. The predicted octanol–water partition coefficient (Wildman–Crippen LogP) is 2.47. The molecule has 1 aromatic heterocycles. The van der Waals surface area contributed by atoms with E-state index >= 15 is 0 Å². The van der Waals surface area contributed by atoms with E-state index in [0.29, 0.717) is 12.2 Å². The Balaban J connectivity index is 1.32. The number of aryl methyl sites for hydroxylation is 2. The number of rotatable bonds is 12. The van der Waals surface area contributed by atoms with Gasteiger partial charge in [-0.3, -0.25) is 4.79 Å². The smallest absolute Gasteiger partial charge is 0.326 e. The summed E-state index contributed by atoms with van der Waals surface area (Å²) in [6.07, 6.45) is 3.56. The Labute approximate surface area is 188 Å². The van der Waals surface area contributed by atoms with Crippen molar-refractivity contribution in [3.8, 4) is 0 Å². The Kier molecular flexibility index (Phi) is 9.01. The number of nitrogens with zero attached hydrogens (tertiary/aromatic N) is 1. The maximum atomic E-state index is 12.2. The summed E-state index contributed by atoms with van der Waals surface area (Å²) in [5.41, 5.74) is 2.75. The highest BCUT2D eigenvalue weighted by Gasteiger charge is 2.24. The Bertz CT molecular complexity index is 890. The number of carboxylic acids is 1.